The number of hydrogen-bond donors (Lipinski definition) is 1. The van der Waals surface area contributed by atoms with Crippen LogP contribution in [-0.2, 0) is 14.8 Å². The van der Waals surface area contributed by atoms with E-state index in [0.29, 0.717) is 31.6 Å². The number of nitrogens with two attached hydrogens (primary N) is 1. The summed E-state index contributed by atoms with van der Waals surface area (Å²) in [5.41, 5.74) is 5.94. The molecule has 1 fully saturated rings. The van der Waals surface area contributed by atoms with Crippen LogP contribution < -0.4 is 5.73 Å². The van der Waals surface area contributed by atoms with E-state index in [1.54, 1.807) is 4.90 Å². The first kappa shape index (κ1) is 24.6. The molecule has 1 aliphatic rings. The van der Waals surface area contributed by atoms with Crippen LogP contribution in [-0.4, -0.2) is 62.0 Å². The molecule has 0 saturated carbocycles. The van der Waals surface area contributed by atoms with Crippen molar-refractivity contribution in [2.24, 2.45) is 5.73 Å². The molecule has 1 aromatic rings. The fraction of sp³-hybridized carbons (Fsp3) is 0.579. The van der Waals surface area contributed by atoms with Gasteiger partial charge in [-0.25, -0.2) is 8.42 Å². The van der Waals surface area contributed by atoms with Gasteiger partial charge in [0.15, 0.2) is 5.78 Å². The number of hydrogen-bond acceptors (Lipinski definition) is 5. The zero-order chi connectivity index (χ0) is 19.9. The Morgan fingerprint density at radius 1 is 0.964 bits per heavy atom. The third-order valence-corrected chi connectivity index (χ3v) is 6.75. The van der Waals surface area contributed by atoms with Crippen LogP contribution in [0.4, 0.5) is 0 Å². The van der Waals surface area contributed by atoms with Gasteiger partial charge in [0.1, 0.15) is 0 Å². The zero-order valence-electron chi connectivity index (χ0n) is 16.3. The number of Topliss-reactive ketones (excluding diaryl/α,β-unsaturated/α-hetero) is 1. The normalized spacial score (nSPS) is 15.1. The Morgan fingerprint density at radius 3 is 2.07 bits per heavy atom. The lowest BCUT2D eigenvalue weighted by molar-refractivity contribution is -0.132. The molecule has 1 saturated heterocycles. The molecule has 0 unspecified atom stereocenters. The first-order valence-corrected chi connectivity index (χ1v) is 10.9. The third kappa shape index (κ3) is 6.55. The number of carbonyl (C=O) groups excluding carboxylic acids is 2. The number of amides is 1. The van der Waals surface area contributed by atoms with Crippen LogP contribution in [0, 0.1) is 0 Å². The molecule has 28 heavy (non-hydrogen) atoms. The van der Waals surface area contributed by atoms with Gasteiger partial charge >= 0.3 is 0 Å². The first-order valence-electron chi connectivity index (χ1n) is 9.45. The molecular weight excluding hydrogens is 402 g/mol. The number of benzene rings is 1. The Balaban J connectivity index is 0.00000392. The van der Waals surface area contributed by atoms with E-state index in [9.17, 15) is 18.0 Å². The molecule has 158 valence electrons. The van der Waals surface area contributed by atoms with Crippen molar-refractivity contribution in [2.45, 2.75) is 43.9 Å². The SMILES string of the molecule is CC(=O)c1ccc(S(=O)(=O)N2CCN(C(=O)CCCCCCN)CC2)cc1.Cl. The predicted molar refractivity (Wildman–Crippen MR) is 111 cm³/mol. The van der Waals surface area contributed by atoms with Gasteiger partial charge < -0.3 is 10.6 Å². The second-order valence-electron chi connectivity index (χ2n) is 6.82. The number of piperazine rings is 1. The number of halogens is 1. The highest BCUT2D eigenvalue weighted by molar-refractivity contribution is 7.89. The third-order valence-electron chi connectivity index (χ3n) is 4.83. The highest BCUT2D eigenvalue weighted by Crippen LogP contribution is 2.19. The Bertz CT molecular complexity index is 745. The Morgan fingerprint density at radius 2 is 1.54 bits per heavy atom. The van der Waals surface area contributed by atoms with Crippen molar-refractivity contribution in [2.75, 3.05) is 32.7 Å². The summed E-state index contributed by atoms with van der Waals surface area (Å²) < 4.78 is 26.9. The lowest BCUT2D eigenvalue weighted by Gasteiger charge is -2.34. The fourth-order valence-corrected chi connectivity index (χ4v) is 4.54. The van der Waals surface area contributed by atoms with Crippen LogP contribution in [0.25, 0.3) is 0 Å². The van der Waals surface area contributed by atoms with Gasteiger partial charge in [0.2, 0.25) is 15.9 Å². The minimum atomic E-state index is -3.61. The molecule has 0 spiro atoms. The largest absolute Gasteiger partial charge is 0.340 e. The Kier molecular flexibility index (Phi) is 10.1. The van der Waals surface area contributed by atoms with Crippen LogP contribution in [0.2, 0.25) is 0 Å². The minimum Gasteiger partial charge on any atom is -0.340 e. The highest BCUT2D eigenvalue weighted by atomic mass is 35.5. The molecule has 0 radical (unpaired) electrons. The molecule has 0 aromatic heterocycles. The van der Waals surface area contributed by atoms with E-state index < -0.39 is 10.0 Å². The summed E-state index contributed by atoms with van der Waals surface area (Å²) in [5.74, 6) is -0.0142. The molecule has 1 heterocycles. The van der Waals surface area contributed by atoms with E-state index in [4.69, 9.17) is 5.73 Å². The first-order chi connectivity index (χ1) is 12.9. The topological polar surface area (TPSA) is 101 Å². The zero-order valence-corrected chi connectivity index (χ0v) is 17.9. The Labute approximate surface area is 173 Å². The van der Waals surface area contributed by atoms with Gasteiger partial charge in [-0.3, -0.25) is 9.59 Å². The summed E-state index contributed by atoms with van der Waals surface area (Å²) in [5, 5.41) is 0. The second kappa shape index (κ2) is 11.5. The minimum absolute atomic E-state index is 0. The molecule has 0 aliphatic carbocycles. The summed E-state index contributed by atoms with van der Waals surface area (Å²) in [4.78, 5) is 25.5. The van der Waals surface area contributed by atoms with Crippen LogP contribution in [0.1, 0.15) is 49.4 Å². The van der Waals surface area contributed by atoms with E-state index in [-0.39, 0.29) is 42.1 Å². The maximum absolute atomic E-state index is 12.7. The van der Waals surface area contributed by atoms with Crippen LogP contribution in [0.3, 0.4) is 0 Å². The average Bonchev–Trinajstić information content (AvgIpc) is 2.67. The number of unbranched alkanes of at least 4 members (excludes halogenated alkanes) is 3. The monoisotopic (exact) mass is 431 g/mol. The number of nitrogens with zero attached hydrogens (tertiary/aromatic N) is 2. The van der Waals surface area contributed by atoms with Gasteiger partial charge in [0.25, 0.3) is 0 Å². The molecule has 7 nitrogen and oxygen atoms in total. The van der Waals surface area contributed by atoms with E-state index >= 15 is 0 Å². The van der Waals surface area contributed by atoms with Gasteiger partial charge in [0.05, 0.1) is 4.90 Å². The van der Waals surface area contributed by atoms with E-state index in [1.807, 2.05) is 0 Å². The number of rotatable bonds is 9. The van der Waals surface area contributed by atoms with Gasteiger partial charge in [-0.2, -0.15) is 4.31 Å². The maximum atomic E-state index is 12.7. The fourth-order valence-electron chi connectivity index (χ4n) is 3.12. The van der Waals surface area contributed by atoms with E-state index in [0.717, 1.165) is 25.7 Å². The molecule has 2 rings (SSSR count). The quantitative estimate of drug-likeness (QED) is 0.476. The predicted octanol–water partition coefficient (Wildman–Crippen LogP) is 2.05. The number of ketones is 1. The lowest BCUT2D eigenvalue weighted by atomic mass is 10.1. The van der Waals surface area contributed by atoms with Crippen molar-refractivity contribution in [3.05, 3.63) is 29.8 Å². The molecule has 0 bridgehead atoms. The molecule has 2 N–H and O–H groups in total. The van der Waals surface area contributed by atoms with Crippen LogP contribution in [0.5, 0.6) is 0 Å². The maximum Gasteiger partial charge on any atom is 0.243 e. The van der Waals surface area contributed by atoms with E-state index in [1.165, 1.54) is 35.5 Å². The van der Waals surface area contributed by atoms with Crippen molar-refractivity contribution in [3.8, 4) is 0 Å². The van der Waals surface area contributed by atoms with Crippen molar-refractivity contribution < 1.29 is 18.0 Å². The summed E-state index contributed by atoms with van der Waals surface area (Å²) in [7, 11) is -3.61. The van der Waals surface area contributed by atoms with Crippen molar-refractivity contribution >= 4 is 34.1 Å². The Hall–Kier alpha value is -1.48. The average molecular weight is 432 g/mol. The van der Waals surface area contributed by atoms with Gasteiger partial charge in [-0.1, -0.05) is 25.0 Å². The number of sulfonamides is 1. The molecular formula is C19H30ClN3O4S. The van der Waals surface area contributed by atoms with Crippen LogP contribution >= 0.6 is 12.4 Å². The van der Waals surface area contributed by atoms with Gasteiger partial charge in [0, 0.05) is 38.2 Å². The van der Waals surface area contributed by atoms with Crippen LogP contribution in [0.15, 0.2) is 29.2 Å². The van der Waals surface area contributed by atoms with E-state index in [2.05, 4.69) is 0 Å². The highest BCUT2D eigenvalue weighted by Gasteiger charge is 2.29. The van der Waals surface area contributed by atoms with Gasteiger partial charge in [-0.05, 0) is 38.4 Å². The summed E-state index contributed by atoms with van der Waals surface area (Å²) in [6.45, 7) is 3.52. The lowest BCUT2D eigenvalue weighted by Crippen LogP contribution is -2.50. The summed E-state index contributed by atoms with van der Waals surface area (Å²) in [6.07, 6.45) is 4.37. The van der Waals surface area contributed by atoms with Crippen molar-refractivity contribution in [1.29, 1.82) is 0 Å². The van der Waals surface area contributed by atoms with Crippen molar-refractivity contribution in [1.82, 2.24) is 9.21 Å². The molecule has 0 atom stereocenters. The van der Waals surface area contributed by atoms with Gasteiger partial charge in [-0.15, -0.1) is 12.4 Å². The summed E-state index contributed by atoms with van der Waals surface area (Å²) in [6, 6.07) is 5.98. The number of carbonyl (C=O) groups is 2. The molecule has 9 heteroatoms. The molecule has 1 aromatic carbocycles. The molecule has 1 aliphatic heterocycles. The molecule has 1 amide bonds. The standard InChI is InChI=1S/C19H29N3O4S.ClH/c1-16(23)17-7-9-18(10-8-17)27(25,26)22-14-12-21(13-15-22)19(24)6-4-2-3-5-11-20;/h7-10H,2-6,11-15,20H2,1H3;1H. The second-order valence-corrected chi connectivity index (χ2v) is 8.76. The smallest absolute Gasteiger partial charge is 0.243 e. The van der Waals surface area contributed by atoms with Crippen molar-refractivity contribution in [3.63, 3.8) is 0 Å². The summed E-state index contributed by atoms with van der Waals surface area (Å²) >= 11 is 0.